The molecule has 0 radical (unpaired) electrons. The first kappa shape index (κ1) is 11.5. The maximum absolute atomic E-state index is 11.1. The average Bonchev–Trinajstić information content (AvgIpc) is 2.02. The number of hydrogen-bond donors (Lipinski definition) is 3. The molecule has 0 heterocycles. The summed E-state index contributed by atoms with van der Waals surface area (Å²) < 4.78 is 0. The van der Waals surface area contributed by atoms with Gasteiger partial charge in [0.2, 0.25) is 5.91 Å². The van der Waals surface area contributed by atoms with Crippen molar-refractivity contribution in [2.75, 3.05) is 0 Å². The number of rotatable bonds is 3. The number of nitrogens with two attached hydrogens (primary N) is 1. The molecule has 0 aromatic rings. The zero-order valence-electron chi connectivity index (χ0n) is 7.63. The van der Waals surface area contributed by atoms with E-state index >= 15 is 0 Å². The van der Waals surface area contributed by atoms with E-state index in [-0.39, 0.29) is 6.04 Å². The third-order valence-corrected chi connectivity index (χ3v) is 1.39. The highest BCUT2D eigenvalue weighted by Crippen LogP contribution is 1.85. The van der Waals surface area contributed by atoms with Gasteiger partial charge in [-0.15, -0.1) is 6.42 Å². The van der Waals surface area contributed by atoms with Crippen molar-refractivity contribution in [1.29, 1.82) is 0 Å². The second kappa shape index (κ2) is 5.17. The summed E-state index contributed by atoms with van der Waals surface area (Å²) in [6.07, 6.45) is 5.09. The number of carbonyl (C=O) groups is 2. The Kier molecular flexibility index (Phi) is 4.55. The zero-order chi connectivity index (χ0) is 10.4. The Labute approximate surface area is 77.1 Å². The van der Waals surface area contributed by atoms with E-state index in [0.717, 1.165) is 0 Å². The largest absolute Gasteiger partial charge is 0.351 e. The Morgan fingerprint density at radius 1 is 1.46 bits per heavy atom. The summed E-state index contributed by atoms with van der Waals surface area (Å²) in [4.78, 5) is 21.4. The minimum absolute atomic E-state index is 0.228. The standard InChI is InChI=1S/C8H13N3O2/c1-4-5(2)10-6(3)7(12)11-8(9)13/h1,5-6,10H,2-3H3,(H3,9,11,12,13). The molecule has 0 saturated carbocycles. The maximum atomic E-state index is 11.1. The maximum Gasteiger partial charge on any atom is 0.318 e. The first-order chi connectivity index (χ1) is 5.97. The van der Waals surface area contributed by atoms with Crippen molar-refractivity contribution in [2.45, 2.75) is 25.9 Å². The second-order valence-corrected chi connectivity index (χ2v) is 2.63. The zero-order valence-corrected chi connectivity index (χ0v) is 7.63. The van der Waals surface area contributed by atoms with E-state index in [4.69, 9.17) is 12.2 Å². The summed E-state index contributed by atoms with van der Waals surface area (Å²) in [5.74, 6) is 1.91. The van der Waals surface area contributed by atoms with Crippen LogP contribution in [-0.4, -0.2) is 24.0 Å². The highest BCUT2D eigenvalue weighted by Gasteiger charge is 2.14. The van der Waals surface area contributed by atoms with Gasteiger partial charge in [-0.05, 0) is 13.8 Å². The van der Waals surface area contributed by atoms with Crippen LogP contribution in [-0.2, 0) is 4.79 Å². The van der Waals surface area contributed by atoms with Gasteiger partial charge in [0.05, 0.1) is 12.1 Å². The second-order valence-electron chi connectivity index (χ2n) is 2.63. The van der Waals surface area contributed by atoms with E-state index in [1.807, 2.05) is 5.32 Å². The van der Waals surface area contributed by atoms with Gasteiger partial charge in [0.1, 0.15) is 0 Å². The summed E-state index contributed by atoms with van der Waals surface area (Å²) in [5, 5.41) is 4.72. The molecule has 0 fully saturated rings. The number of carbonyl (C=O) groups excluding carboxylic acids is 2. The van der Waals surface area contributed by atoms with E-state index < -0.39 is 18.0 Å². The van der Waals surface area contributed by atoms with E-state index in [0.29, 0.717) is 0 Å². The molecule has 4 N–H and O–H groups in total. The van der Waals surface area contributed by atoms with Crippen LogP contribution in [0.5, 0.6) is 0 Å². The Balaban J connectivity index is 3.98. The smallest absolute Gasteiger partial charge is 0.318 e. The SMILES string of the molecule is C#CC(C)NC(C)C(=O)NC(N)=O. The number of nitrogens with one attached hydrogen (secondary N) is 2. The van der Waals surface area contributed by atoms with Crippen LogP contribution in [0.3, 0.4) is 0 Å². The molecule has 72 valence electrons. The van der Waals surface area contributed by atoms with Crippen LogP contribution >= 0.6 is 0 Å². The molecule has 0 bridgehead atoms. The normalized spacial score (nSPS) is 13.9. The van der Waals surface area contributed by atoms with Crippen LogP contribution in [0.4, 0.5) is 4.79 Å². The minimum Gasteiger partial charge on any atom is -0.351 e. The van der Waals surface area contributed by atoms with Crippen LogP contribution in [0.2, 0.25) is 0 Å². The van der Waals surface area contributed by atoms with E-state index in [9.17, 15) is 9.59 Å². The summed E-state index contributed by atoms with van der Waals surface area (Å²) in [5.41, 5.74) is 4.76. The fraction of sp³-hybridized carbons (Fsp3) is 0.500. The van der Waals surface area contributed by atoms with Gasteiger partial charge in [0, 0.05) is 0 Å². The lowest BCUT2D eigenvalue weighted by Gasteiger charge is -2.14. The molecule has 0 rings (SSSR count). The molecule has 13 heavy (non-hydrogen) atoms. The Morgan fingerprint density at radius 2 is 2.00 bits per heavy atom. The van der Waals surface area contributed by atoms with Crippen LogP contribution in [0.15, 0.2) is 0 Å². The first-order valence-corrected chi connectivity index (χ1v) is 3.79. The lowest BCUT2D eigenvalue weighted by atomic mass is 10.2. The number of terminal acetylenes is 1. The van der Waals surface area contributed by atoms with Crippen molar-refractivity contribution in [3.63, 3.8) is 0 Å². The summed E-state index contributed by atoms with van der Waals surface area (Å²) in [6.45, 7) is 3.32. The molecule has 3 amide bonds. The molecule has 5 heteroatoms. The molecule has 0 aliphatic carbocycles. The molecule has 0 aliphatic heterocycles. The van der Waals surface area contributed by atoms with Crippen molar-refractivity contribution in [2.24, 2.45) is 5.73 Å². The monoisotopic (exact) mass is 183 g/mol. The van der Waals surface area contributed by atoms with Gasteiger partial charge in [-0.2, -0.15) is 0 Å². The molecule has 0 aromatic carbocycles. The van der Waals surface area contributed by atoms with Crippen molar-refractivity contribution in [1.82, 2.24) is 10.6 Å². The number of urea groups is 1. The summed E-state index contributed by atoms with van der Waals surface area (Å²) in [6, 6.07) is -1.64. The van der Waals surface area contributed by atoms with E-state index in [1.54, 1.807) is 13.8 Å². The van der Waals surface area contributed by atoms with Crippen LogP contribution in [0.25, 0.3) is 0 Å². The quantitative estimate of drug-likeness (QED) is 0.500. The third-order valence-electron chi connectivity index (χ3n) is 1.39. The molecule has 0 aliphatic rings. The van der Waals surface area contributed by atoms with Crippen molar-refractivity contribution < 1.29 is 9.59 Å². The third kappa shape index (κ3) is 4.82. The van der Waals surface area contributed by atoms with Gasteiger partial charge in [-0.25, -0.2) is 4.79 Å². The van der Waals surface area contributed by atoms with Gasteiger partial charge < -0.3 is 5.73 Å². The molecular formula is C8H13N3O2. The molecule has 0 aromatic heterocycles. The van der Waals surface area contributed by atoms with Crippen molar-refractivity contribution >= 4 is 11.9 Å². The molecular weight excluding hydrogens is 170 g/mol. The van der Waals surface area contributed by atoms with Gasteiger partial charge >= 0.3 is 6.03 Å². The predicted molar refractivity (Wildman–Crippen MR) is 48.6 cm³/mol. The Bertz CT molecular complexity index is 244. The number of amides is 3. The fourth-order valence-corrected chi connectivity index (χ4v) is 0.728. The number of imide groups is 1. The van der Waals surface area contributed by atoms with Gasteiger partial charge in [-0.3, -0.25) is 15.4 Å². The van der Waals surface area contributed by atoms with Gasteiger partial charge in [-0.1, -0.05) is 5.92 Å². The lowest BCUT2D eigenvalue weighted by Crippen LogP contribution is -2.48. The molecule has 2 unspecified atom stereocenters. The Morgan fingerprint density at radius 3 is 2.38 bits per heavy atom. The highest BCUT2D eigenvalue weighted by molar-refractivity contribution is 5.96. The van der Waals surface area contributed by atoms with Gasteiger partial charge in [0.25, 0.3) is 0 Å². The summed E-state index contributed by atoms with van der Waals surface area (Å²) in [7, 11) is 0. The first-order valence-electron chi connectivity index (χ1n) is 3.79. The highest BCUT2D eigenvalue weighted by atomic mass is 16.2. The van der Waals surface area contributed by atoms with E-state index in [1.165, 1.54) is 0 Å². The minimum atomic E-state index is -0.869. The van der Waals surface area contributed by atoms with Crippen LogP contribution in [0, 0.1) is 12.3 Å². The number of primary amides is 1. The fourth-order valence-electron chi connectivity index (χ4n) is 0.728. The average molecular weight is 183 g/mol. The molecule has 5 nitrogen and oxygen atoms in total. The topological polar surface area (TPSA) is 84.2 Å². The van der Waals surface area contributed by atoms with Gasteiger partial charge in [0.15, 0.2) is 0 Å². The Hall–Kier alpha value is -1.54. The summed E-state index contributed by atoms with van der Waals surface area (Å²) >= 11 is 0. The molecule has 0 spiro atoms. The van der Waals surface area contributed by atoms with Crippen LogP contribution < -0.4 is 16.4 Å². The molecule has 2 atom stereocenters. The van der Waals surface area contributed by atoms with E-state index in [2.05, 4.69) is 11.2 Å². The lowest BCUT2D eigenvalue weighted by molar-refractivity contribution is -0.121. The predicted octanol–water partition coefficient (Wildman–Crippen LogP) is -0.819. The van der Waals surface area contributed by atoms with Crippen molar-refractivity contribution in [3.8, 4) is 12.3 Å². The van der Waals surface area contributed by atoms with Crippen LogP contribution in [0.1, 0.15) is 13.8 Å². The molecule has 0 saturated heterocycles. The van der Waals surface area contributed by atoms with Crippen molar-refractivity contribution in [3.05, 3.63) is 0 Å². The number of hydrogen-bond acceptors (Lipinski definition) is 3.